The SMILES string of the molecule is C=C/C=C\CC(C)[C@](CCCCCC=C)(NC(=O)OC(C)(C)C)C(=O)N(CCO)CCOC(=C)C(=N)c1cccc(F)c1. The molecule has 0 saturated carbocycles. The lowest BCUT2D eigenvalue weighted by Gasteiger charge is -2.42. The maximum absolute atomic E-state index is 14.4. The van der Waals surface area contributed by atoms with Crippen LogP contribution < -0.4 is 5.32 Å². The quantitative estimate of drug-likeness (QED) is 0.0507. The third-order valence-electron chi connectivity index (χ3n) is 6.87. The van der Waals surface area contributed by atoms with E-state index in [1.165, 1.54) is 23.1 Å². The largest absolute Gasteiger partial charge is 0.490 e. The summed E-state index contributed by atoms with van der Waals surface area (Å²) in [5.41, 5.74) is -1.89. The molecule has 2 amide bonds. The molecule has 8 nitrogen and oxygen atoms in total. The summed E-state index contributed by atoms with van der Waals surface area (Å²) in [6.45, 7) is 18.2. The van der Waals surface area contributed by atoms with Gasteiger partial charge in [-0.2, -0.15) is 0 Å². The molecule has 1 aromatic carbocycles. The number of nitrogens with zero attached hydrogens (tertiary/aromatic N) is 1. The van der Waals surface area contributed by atoms with Crippen LogP contribution in [0.4, 0.5) is 9.18 Å². The molecule has 1 rings (SSSR count). The lowest BCUT2D eigenvalue weighted by Crippen LogP contribution is -2.64. The zero-order valence-electron chi connectivity index (χ0n) is 26.3. The molecule has 0 saturated heterocycles. The molecule has 3 N–H and O–H groups in total. The molecule has 0 bridgehead atoms. The highest BCUT2D eigenvalue weighted by atomic mass is 19.1. The van der Waals surface area contributed by atoms with Crippen molar-refractivity contribution in [1.82, 2.24) is 10.2 Å². The average Bonchev–Trinajstić information content (AvgIpc) is 2.94. The normalized spacial score (nSPS) is 13.4. The lowest BCUT2D eigenvalue weighted by molar-refractivity contribution is -0.142. The maximum Gasteiger partial charge on any atom is 0.408 e. The molecule has 0 radical (unpaired) electrons. The summed E-state index contributed by atoms with van der Waals surface area (Å²) in [5.74, 6) is -1.18. The van der Waals surface area contributed by atoms with Crippen molar-refractivity contribution >= 4 is 17.7 Å². The van der Waals surface area contributed by atoms with E-state index < -0.39 is 23.1 Å². The highest BCUT2D eigenvalue weighted by Gasteiger charge is 2.47. The van der Waals surface area contributed by atoms with Crippen molar-refractivity contribution in [1.29, 1.82) is 5.41 Å². The van der Waals surface area contributed by atoms with Crippen molar-refractivity contribution in [3.05, 3.63) is 85.4 Å². The van der Waals surface area contributed by atoms with Crippen LogP contribution in [-0.4, -0.2) is 65.2 Å². The highest BCUT2D eigenvalue weighted by molar-refractivity contribution is 6.08. The van der Waals surface area contributed by atoms with Crippen LogP contribution in [0, 0.1) is 17.1 Å². The van der Waals surface area contributed by atoms with E-state index >= 15 is 0 Å². The van der Waals surface area contributed by atoms with Gasteiger partial charge in [0.1, 0.15) is 35.0 Å². The lowest BCUT2D eigenvalue weighted by atomic mass is 9.77. The number of unbranched alkanes of at least 4 members (excludes halogenated alkanes) is 3. The predicted molar refractivity (Wildman–Crippen MR) is 170 cm³/mol. The molecule has 1 aromatic rings. The highest BCUT2D eigenvalue weighted by Crippen LogP contribution is 2.31. The number of carbonyl (C=O) groups is 2. The van der Waals surface area contributed by atoms with Crippen LogP contribution in [0.2, 0.25) is 0 Å². The summed E-state index contributed by atoms with van der Waals surface area (Å²) >= 11 is 0. The molecule has 9 heteroatoms. The first-order chi connectivity index (χ1) is 20.3. The summed E-state index contributed by atoms with van der Waals surface area (Å²) < 4.78 is 24.9. The van der Waals surface area contributed by atoms with Crippen molar-refractivity contribution < 1.29 is 28.6 Å². The van der Waals surface area contributed by atoms with Crippen molar-refractivity contribution in [2.24, 2.45) is 5.92 Å². The number of rotatable bonds is 20. The number of nitrogens with one attached hydrogen (secondary N) is 2. The van der Waals surface area contributed by atoms with Crippen LogP contribution in [0.25, 0.3) is 0 Å². The van der Waals surface area contributed by atoms with Gasteiger partial charge in [-0.15, -0.1) is 6.58 Å². The number of allylic oxidation sites excluding steroid dienone is 5. The molecule has 0 aromatic heterocycles. The standard InChI is InChI=1S/C34H50FN3O5/c1-8-10-12-13-15-20-34(26(3)17-14-11-9-2,37-32(41)43-33(5,6)7)31(40)38(21-23-39)22-24-42-27(4)30(36)28-18-16-19-29(35)25-28/h8-9,11,14,16,18-19,25-26,36,39H,1-2,4,10,12-13,15,17,20-24H2,3,5-7H3,(H,37,41)/b14-11-,36-30?/t26?,34-/m0/s1. The second-order valence-electron chi connectivity index (χ2n) is 11.5. The smallest absolute Gasteiger partial charge is 0.408 e. The maximum atomic E-state index is 14.4. The molecular weight excluding hydrogens is 549 g/mol. The molecule has 2 atom stereocenters. The van der Waals surface area contributed by atoms with Gasteiger partial charge >= 0.3 is 6.09 Å². The third kappa shape index (κ3) is 13.0. The number of halogens is 1. The number of amides is 2. The van der Waals surface area contributed by atoms with Crippen molar-refractivity contribution in [3.8, 4) is 0 Å². The molecule has 0 aliphatic carbocycles. The molecule has 0 fully saturated rings. The Kier molecular flexibility index (Phi) is 16.3. The van der Waals surface area contributed by atoms with Gasteiger partial charge in [-0.25, -0.2) is 9.18 Å². The summed E-state index contributed by atoms with van der Waals surface area (Å²) in [5, 5.41) is 21.1. The minimum Gasteiger partial charge on any atom is -0.490 e. The first-order valence-electron chi connectivity index (χ1n) is 14.8. The molecule has 1 unspecified atom stereocenters. The second-order valence-corrected chi connectivity index (χ2v) is 11.5. The number of ether oxygens (including phenoxy) is 2. The van der Waals surface area contributed by atoms with E-state index in [2.05, 4.69) is 25.1 Å². The first-order valence-corrected chi connectivity index (χ1v) is 14.8. The van der Waals surface area contributed by atoms with E-state index in [0.29, 0.717) is 24.8 Å². The van der Waals surface area contributed by atoms with Gasteiger partial charge < -0.3 is 24.8 Å². The first kappa shape index (κ1) is 37.3. The van der Waals surface area contributed by atoms with Crippen molar-refractivity contribution in [2.75, 3.05) is 26.3 Å². The Morgan fingerprint density at radius 1 is 1.19 bits per heavy atom. The minimum absolute atomic E-state index is 0.000553. The summed E-state index contributed by atoms with van der Waals surface area (Å²) in [7, 11) is 0. The van der Waals surface area contributed by atoms with Crippen molar-refractivity contribution in [3.63, 3.8) is 0 Å². The number of hydrogen-bond donors (Lipinski definition) is 3. The van der Waals surface area contributed by atoms with Gasteiger partial charge in [0.2, 0.25) is 5.91 Å². The molecule has 0 spiro atoms. The average molecular weight is 600 g/mol. The predicted octanol–water partition coefficient (Wildman–Crippen LogP) is 6.71. The Hall–Kier alpha value is -3.72. The zero-order chi connectivity index (χ0) is 32.5. The van der Waals surface area contributed by atoms with E-state index in [1.54, 1.807) is 39.0 Å². The van der Waals surface area contributed by atoms with E-state index in [1.807, 2.05) is 19.1 Å². The summed E-state index contributed by atoms with van der Waals surface area (Å²) in [4.78, 5) is 29.1. The van der Waals surface area contributed by atoms with Gasteiger partial charge in [-0.1, -0.05) is 69.4 Å². The van der Waals surface area contributed by atoms with Gasteiger partial charge in [-0.05, 0) is 64.5 Å². The molecule has 238 valence electrons. The molecular formula is C34H50FN3O5. The number of aliphatic hydroxyl groups excluding tert-OH is 1. The Labute approximate surface area is 256 Å². The van der Waals surface area contributed by atoms with Gasteiger partial charge in [0.25, 0.3) is 0 Å². The molecule has 43 heavy (non-hydrogen) atoms. The van der Waals surface area contributed by atoms with Crippen LogP contribution in [-0.2, 0) is 14.3 Å². The van der Waals surface area contributed by atoms with E-state index in [9.17, 15) is 19.1 Å². The number of alkyl carbamates (subject to hydrolysis) is 1. The number of benzene rings is 1. The van der Waals surface area contributed by atoms with E-state index in [0.717, 1.165) is 19.3 Å². The van der Waals surface area contributed by atoms with Crippen LogP contribution in [0.1, 0.15) is 71.8 Å². The molecule has 0 aliphatic rings. The van der Waals surface area contributed by atoms with E-state index in [-0.39, 0.29) is 49.6 Å². The number of aliphatic hydroxyl groups is 1. The zero-order valence-corrected chi connectivity index (χ0v) is 26.3. The van der Waals surface area contributed by atoms with Crippen LogP contribution in [0.15, 0.2) is 74.1 Å². The monoisotopic (exact) mass is 599 g/mol. The fraction of sp³-hybridized carbons (Fsp3) is 0.500. The van der Waals surface area contributed by atoms with Crippen LogP contribution in [0.3, 0.4) is 0 Å². The van der Waals surface area contributed by atoms with Gasteiger partial charge in [0.05, 0.1) is 13.2 Å². The molecule has 0 heterocycles. The van der Waals surface area contributed by atoms with Gasteiger partial charge in [0.15, 0.2) is 0 Å². The fourth-order valence-corrected chi connectivity index (χ4v) is 4.61. The Balaban J connectivity index is 3.31. The van der Waals surface area contributed by atoms with Gasteiger partial charge in [-0.3, -0.25) is 10.2 Å². The van der Waals surface area contributed by atoms with Crippen LogP contribution >= 0.6 is 0 Å². The summed E-state index contributed by atoms with van der Waals surface area (Å²) in [6, 6.07) is 5.57. The Morgan fingerprint density at radius 2 is 1.91 bits per heavy atom. The molecule has 0 aliphatic heterocycles. The van der Waals surface area contributed by atoms with Crippen molar-refractivity contribution in [2.45, 2.75) is 77.4 Å². The summed E-state index contributed by atoms with van der Waals surface area (Å²) in [6.07, 6.45) is 10.6. The number of hydrogen-bond acceptors (Lipinski definition) is 6. The van der Waals surface area contributed by atoms with Crippen LogP contribution in [0.5, 0.6) is 0 Å². The number of carbonyl (C=O) groups excluding carboxylic acids is 2. The minimum atomic E-state index is -1.34. The Bertz CT molecular complexity index is 1130. The third-order valence-corrected chi connectivity index (χ3v) is 6.87. The Morgan fingerprint density at radius 3 is 2.51 bits per heavy atom. The fourth-order valence-electron chi connectivity index (χ4n) is 4.61. The topological polar surface area (TPSA) is 112 Å². The van der Waals surface area contributed by atoms with E-state index in [4.69, 9.17) is 14.9 Å². The van der Waals surface area contributed by atoms with Gasteiger partial charge in [0, 0.05) is 12.1 Å². The second kappa shape index (κ2) is 18.7.